The fourth-order valence-electron chi connectivity index (χ4n) is 2.42. The third-order valence-corrected chi connectivity index (χ3v) is 4.61. The van der Waals surface area contributed by atoms with Gasteiger partial charge in [-0.1, -0.05) is 6.07 Å². The van der Waals surface area contributed by atoms with E-state index in [0.717, 1.165) is 45.2 Å². The Hall–Kier alpha value is -1.11. The standard InChI is InChI=1S/C15H26N4OS/c1-16-15(17-11-13-12-18(2)8-9-20-13)19(3)7-6-14-5-4-10-21-14/h4-5,10,13H,6-9,11-12H2,1-3H3,(H,16,17). The van der Waals surface area contributed by atoms with Gasteiger partial charge in [-0.25, -0.2) is 0 Å². The summed E-state index contributed by atoms with van der Waals surface area (Å²) in [5.41, 5.74) is 0. The van der Waals surface area contributed by atoms with E-state index < -0.39 is 0 Å². The van der Waals surface area contributed by atoms with Crippen molar-refractivity contribution < 1.29 is 4.74 Å². The number of guanidine groups is 1. The summed E-state index contributed by atoms with van der Waals surface area (Å²) in [7, 11) is 6.05. The monoisotopic (exact) mass is 310 g/mol. The van der Waals surface area contributed by atoms with Crippen LogP contribution in [0.4, 0.5) is 0 Å². The summed E-state index contributed by atoms with van der Waals surface area (Å²) >= 11 is 1.81. The number of nitrogens with zero attached hydrogens (tertiary/aromatic N) is 3. The SMILES string of the molecule is CN=C(NCC1CN(C)CCO1)N(C)CCc1cccs1. The minimum Gasteiger partial charge on any atom is -0.374 e. The summed E-state index contributed by atoms with van der Waals surface area (Å²) in [5.74, 6) is 0.934. The van der Waals surface area contributed by atoms with Gasteiger partial charge in [0, 0.05) is 45.2 Å². The van der Waals surface area contributed by atoms with Crippen LogP contribution in [0.1, 0.15) is 4.88 Å². The minimum atomic E-state index is 0.242. The molecule has 118 valence electrons. The molecule has 0 bridgehead atoms. The first-order valence-electron chi connectivity index (χ1n) is 7.43. The van der Waals surface area contributed by atoms with Gasteiger partial charge in [0.05, 0.1) is 12.7 Å². The normalized spacial score (nSPS) is 20.5. The second kappa shape index (κ2) is 8.36. The predicted octanol–water partition coefficient (Wildman–Crippen LogP) is 1.13. The van der Waals surface area contributed by atoms with E-state index >= 15 is 0 Å². The van der Waals surface area contributed by atoms with Crippen molar-refractivity contribution in [3.63, 3.8) is 0 Å². The Balaban J connectivity index is 1.74. The number of hydrogen-bond acceptors (Lipinski definition) is 4. The third kappa shape index (κ3) is 5.30. The zero-order valence-electron chi connectivity index (χ0n) is 13.2. The van der Waals surface area contributed by atoms with Gasteiger partial charge in [-0.2, -0.15) is 0 Å². The molecule has 1 aromatic rings. The molecule has 6 heteroatoms. The van der Waals surface area contributed by atoms with Crippen LogP contribution in [0.2, 0.25) is 0 Å². The van der Waals surface area contributed by atoms with Gasteiger partial charge in [-0.3, -0.25) is 4.99 Å². The fraction of sp³-hybridized carbons (Fsp3) is 0.667. The van der Waals surface area contributed by atoms with Crippen LogP contribution in [0.3, 0.4) is 0 Å². The van der Waals surface area contributed by atoms with Gasteiger partial charge >= 0.3 is 0 Å². The highest BCUT2D eigenvalue weighted by molar-refractivity contribution is 7.09. The maximum Gasteiger partial charge on any atom is 0.193 e. The van der Waals surface area contributed by atoms with Crippen LogP contribution in [0, 0.1) is 0 Å². The first-order valence-corrected chi connectivity index (χ1v) is 8.31. The molecule has 0 amide bonds. The summed E-state index contributed by atoms with van der Waals surface area (Å²) in [6, 6.07) is 4.28. The Morgan fingerprint density at radius 3 is 3.14 bits per heavy atom. The topological polar surface area (TPSA) is 40.1 Å². The molecule has 1 saturated heterocycles. The number of aliphatic imine (C=N–C) groups is 1. The summed E-state index contributed by atoms with van der Waals surface area (Å²) in [6.45, 7) is 4.58. The Morgan fingerprint density at radius 2 is 2.48 bits per heavy atom. The van der Waals surface area contributed by atoms with E-state index in [1.807, 2.05) is 18.4 Å². The molecule has 1 N–H and O–H groups in total. The second-order valence-corrected chi connectivity index (χ2v) is 6.47. The minimum absolute atomic E-state index is 0.242. The summed E-state index contributed by atoms with van der Waals surface area (Å²) in [6.07, 6.45) is 1.29. The summed E-state index contributed by atoms with van der Waals surface area (Å²) < 4.78 is 5.77. The molecule has 1 aliphatic rings. The van der Waals surface area contributed by atoms with Gasteiger partial charge in [0.25, 0.3) is 0 Å². The van der Waals surface area contributed by atoms with Crippen LogP contribution in [-0.2, 0) is 11.2 Å². The Bertz CT molecular complexity index is 435. The van der Waals surface area contributed by atoms with Crippen molar-refractivity contribution in [2.45, 2.75) is 12.5 Å². The number of nitrogens with one attached hydrogen (secondary N) is 1. The highest BCUT2D eigenvalue weighted by atomic mass is 32.1. The molecule has 0 aromatic carbocycles. The van der Waals surface area contributed by atoms with Crippen molar-refractivity contribution >= 4 is 17.3 Å². The quantitative estimate of drug-likeness (QED) is 0.654. The lowest BCUT2D eigenvalue weighted by atomic mass is 10.3. The molecule has 0 radical (unpaired) electrons. The van der Waals surface area contributed by atoms with Crippen molar-refractivity contribution in [2.24, 2.45) is 4.99 Å². The summed E-state index contributed by atoms with van der Waals surface area (Å²) in [5, 5.41) is 5.54. The molecular formula is C15H26N4OS. The Labute approximate surface area is 131 Å². The molecular weight excluding hydrogens is 284 g/mol. The average molecular weight is 310 g/mol. The van der Waals surface area contributed by atoms with Crippen molar-refractivity contribution in [3.8, 4) is 0 Å². The largest absolute Gasteiger partial charge is 0.374 e. The third-order valence-electron chi connectivity index (χ3n) is 3.68. The van der Waals surface area contributed by atoms with Crippen LogP contribution in [0.15, 0.2) is 22.5 Å². The van der Waals surface area contributed by atoms with E-state index in [0.29, 0.717) is 0 Å². The number of morpholine rings is 1. The van der Waals surface area contributed by atoms with Gasteiger partial charge in [-0.15, -0.1) is 11.3 Å². The first kappa shape index (κ1) is 16.3. The molecule has 2 heterocycles. The van der Waals surface area contributed by atoms with E-state index in [-0.39, 0.29) is 6.10 Å². The van der Waals surface area contributed by atoms with Crippen LogP contribution >= 0.6 is 11.3 Å². The van der Waals surface area contributed by atoms with E-state index in [9.17, 15) is 0 Å². The first-order chi connectivity index (χ1) is 10.2. The van der Waals surface area contributed by atoms with Gasteiger partial charge in [0.2, 0.25) is 0 Å². The zero-order chi connectivity index (χ0) is 15.1. The van der Waals surface area contributed by atoms with Gasteiger partial charge in [0.15, 0.2) is 5.96 Å². The average Bonchev–Trinajstić information content (AvgIpc) is 2.99. The second-order valence-electron chi connectivity index (χ2n) is 5.43. The molecule has 0 spiro atoms. The highest BCUT2D eigenvalue weighted by Gasteiger charge is 2.18. The lowest BCUT2D eigenvalue weighted by molar-refractivity contribution is -0.0163. The van der Waals surface area contributed by atoms with Crippen molar-refractivity contribution in [3.05, 3.63) is 22.4 Å². The Kier molecular flexibility index (Phi) is 6.48. The number of rotatable bonds is 5. The molecule has 1 aliphatic heterocycles. The Morgan fingerprint density at radius 1 is 1.62 bits per heavy atom. The smallest absolute Gasteiger partial charge is 0.193 e. The van der Waals surface area contributed by atoms with E-state index in [1.165, 1.54) is 4.88 Å². The van der Waals surface area contributed by atoms with Gasteiger partial charge < -0.3 is 19.9 Å². The number of hydrogen-bond donors (Lipinski definition) is 1. The van der Waals surface area contributed by atoms with Crippen molar-refractivity contribution in [1.82, 2.24) is 15.1 Å². The lowest BCUT2D eigenvalue weighted by Gasteiger charge is -2.31. The van der Waals surface area contributed by atoms with Crippen LogP contribution < -0.4 is 5.32 Å². The molecule has 1 fully saturated rings. The molecule has 1 unspecified atom stereocenters. The fourth-order valence-corrected chi connectivity index (χ4v) is 3.12. The van der Waals surface area contributed by atoms with E-state index in [1.54, 1.807) is 0 Å². The number of ether oxygens (including phenoxy) is 1. The van der Waals surface area contributed by atoms with Crippen molar-refractivity contribution in [1.29, 1.82) is 0 Å². The molecule has 0 aliphatic carbocycles. The maximum atomic E-state index is 5.77. The predicted molar refractivity (Wildman–Crippen MR) is 89.3 cm³/mol. The van der Waals surface area contributed by atoms with Crippen LogP contribution in [0.5, 0.6) is 0 Å². The van der Waals surface area contributed by atoms with Crippen LogP contribution in [-0.4, -0.2) is 75.8 Å². The maximum absolute atomic E-state index is 5.77. The zero-order valence-corrected chi connectivity index (χ0v) is 14.0. The molecule has 1 atom stereocenters. The molecule has 2 rings (SSSR count). The number of likely N-dealkylation sites (N-methyl/N-ethyl adjacent to an activating group) is 2. The summed E-state index contributed by atoms with van der Waals surface area (Å²) in [4.78, 5) is 10.2. The van der Waals surface area contributed by atoms with Crippen molar-refractivity contribution in [2.75, 3.05) is 53.9 Å². The number of thiophene rings is 1. The van der Waals surface area contributed by atoms with Crippen LogP contribution in [0.25, 0.3) is 0 Å². The van der Waals surface area contributed by atoms with Gasteiger partial charge in [-0.05, 0) is 24.9 Å². The molecule has 1 aromatic heterocycles. The molecule has 21 heavy (non-hydrogen) atoms. The van der Waals surface area contributed by atoms with Gasteiger partial charge in [0.1, 0.15) is 0 Å². The van der Waals surface area contributed by atoms with E-state index in [2.05, 4.69) is 51.7 Å². The van der Waals surface area contributed by atoms with E-state index in [4.69, 9.17) is 4.74 Å². The molecule has 0 saturated carbocycles. The highest BCUT2D eigenvalue weighted by Crippen LogP contribution is 2.09. The lowest BCUT2D eigenvalue weighted by Crippen LogP contribution is -2.48. The molecule has 5 nitrogen and oxygen atoms in total.